The maximum absolute atomic E-state index is 9.19. The van der Waals surface area contributed by atoms with Crippen molar-refractivity contribution in [3.05, 3.63) is 29.3 Å². The van der Waals surface area contributed by atoms with Gasteiger partial charge in [-0.25, -0.2) is 0 Å². The van der Waals surface area contributed by atoms with Crippen molar-refractivity contribution >= 4 is 5.69 Å². The van der Waals surface area contributed by atoms with Gasteiger partial charge in [0.2, 0.25) is 0 Å². The lowest BCUT2D eigenvalue weighted by molar-refractivity contribution is 0.0855. The Kier molecular flexibility index (Phi) is 3.65. The smallest absolute Gasteiger partial charge is 0.101 e. The van der Waals surface area contributed by atoms with Crippen molar-refractivity contribution in [3.63, 3.8) is 0 Å². The van der Waals surface area contributed by atoms with E-state index in [-0.39, 0.29) is 0 Å². The Bertz CT molecular complexity index is 430. The lowest BCUT2D eigenvalue weighted by Crippen LogP contribution is -2.37. The van der Waals surface area contributed by atoms with Crippen molar-refractivity contribution in [3.8, 4) is 6.07 Å². The Labute approximate surface area is 103 Å². The van der Waals surface area contributed by atoms with E-state index in [4.69, 9.17) is 4.74 Å². The maximum Gasteiger partial charge on any atom is 0.101 e. The third kappa shape index (κ3) is 2.59. The molecular weight excluding hydrogens is 212 g/mol. The Morgan fingerprint density at radius 3 is 2.71 bits per heavy atom. The average Bonchev–Trinajstić information content (AvgIpc) is 2.39. The summed E-state index contributed by atoms with van der Waals surface area (Å²) in [5.74, 6) is 0. The second kappa shape index (κ2) is 5.20. The zero-order valence-electron chi connectivity index (χ0n) is 10.4. The molecule has 0 amide bonds. The highest BCUT2D eigenvalue weighted by Gasteiger charge is 2.20. The van der Waals surface area contributed by atoms with Gasteiger partial charge in [-0.2, -0.15) is 5.26 Å². The molecule has 0 unspecified atom stereocenters. The molecular formula is C14H18N2O. The molecule has 1 saturated heterocycles. The zero-order chi connectivity index (χ0) is 12.3. The van der Waals surface area contributed by atoms with Gasteiger partial charge in [0, 0.05) is 26.3 Å². The number of benzene rings is 1. The highest BCUT2D eigenvalue weighted by atomic mass is 16.5. The van der Waals surface area contributed by atoms with Gasteiger partial charge < -0.3 is 9.64 Å². The number of ether oxygens (including phenoxy) is 1. The molecule has 0 atom stereocenters. The number of aryl methyl sites for hydroxylation is 1. The zero-order valence-corrected chi connectivity index (χ0v) is 10.4. The largest absolute Gasteiger partial charge is 0.381 e. The van der Waals surface area contributed by atoms with Gasteiger partial charge in [0.25, 0.3) is 0 Å². The van der Waals surface area contributed by atoms with Crippen molar-refractivity contribution in [2.75, 3.05) is 25.2 Å². The molecule has 0 aromatic heterocycles. The van der Waals surface area contributed by atoms with Crippen LogP contribution in [0.3, 0.4) is 0 Å². The molecule has 0 N–H and O–H groups in total. The van der Waals surface area contributed by atoms with E-state index >= 15 is 0 Å². The molecule has 1 aromatic carbocycles. The van der Waals surface area contributed by atoms with Crippen molar-refractivity contribution < 1.29 is 4.74 Å². The van der Waals surface area contributed by atoms with Crippen LogP contribution < -0.4 is 4.90 Å². The van der Waals surface area contributed by atoms with Gasteiger partial charge >= 0.3 is 0 Å². The topological polar surface area (TPSA) is 36.3 Å². The maximum atomic E-state index is 9.19. The summed E-state index contributed by atoms with van der Waals surface area (Å²) in [7, 11) is 2.07. The first-order valence-corrected chi connectivity index (χ1v) is 6.03. The first-order chi connectivity index (χ1) is 8.22. The molecule has 90 valence electrons. The third-order valence-corrected chi connectivity index (χ3v) is 3.39. The van der Waals surface area contributed by atoms with Crippen LogP contribution in [-0.2, 0) is 4.74 Å². The molecule has 0 aliphatic carbocycles. The van der Waals surface area contributed by atoms with Crippen LogP contribution in [0.15, 0.2) is 18.2 Å². The van der Waals surface area contributed by atoms with Gasteiger partial charge in [0.05, 0.1) is 11.3 Å². The minimum Gasteiger partial charge on any atom is -0.381 e. The molecule has 17 heavy (non-hydrogen) atoms. The number of anilines is 1. The second-order valence-corrected chi connectivity index (χ2v) is 4.59. The van der Waals surface area contributed by atoms with E-state index in [1.807, 2.05) is 19.1 Å². The van der Waals surface area contributed by atoms with E-state index < -0.39 is 0 Å². The fourth-order valence-corrected chi connectivity index (χ4v) is 2.32. The fourth-order valence-electron chi connectivity index (χ4n) is 2.32. The first-order valence-electron chi connectivity index (χ1n) is 6.03. The van der Waals surface area contributed by atoms with Crippen molar-refractivity contribution in [1.82, 2.24) is 0 Å². The summed E-state index contributed by atoms with van der Waals surface area (Å²) in [4.78, 5) is 2.22. The Morgan fingerprint density at radius 2 is 2.06 bits per heavy atom. The van der Waals surface area contributed by atoms with Crippen LogP contribution in [-0.4, -0.2) is 26.3 Å². The monoisotopic (exact) mass is 230 g/mol. The molecule has 1 heterocycles. The van der Waals surface area contributed by atoms with Crippen LogP contribution in [0.2, 0.25) is 0 Å². The van der Waals surface area contributed by atoms with Crippen LogP contribution >= 0.6 is 0 Å². The van der Waals surface area contributed by atoms with Gasteiger partial charge in [-0.15, -0.1) is 0 Å². The Morgan fingerprint density at radius 1 is 1.35 bits per heavy atom. The van der Waals surface area contributed by atoms with Gasteiger partial charge in [-0.1, -0.05) is 6.07 Å². The van der Waals surface area contributed by atoms with Crippen LogP contribution in [0.1, 0.15) is 24.0 Å². The average molecular weight is 230 g/mol. The highest BCUT2D eigenvalue weighted by molar-refractivity contribution is 5.60. The first kappa shape index (κ1) is 11.9. The van der Waals surface area contributed by atoms with Crippen LogP contribution in [0, 0.1) is 18.3 Å². The summed E-state index contributed by atoms with van der Waals surface area (Å²) in [5.41, 5.74) is 2.93. The van der Waals surface area contributed by atoms with E-state index in [1.54, 1.807) is 0 Å². The van der Waals surface area contributed by atoms with Gasteiger partial charge in [-0.3, -0.25) is 0 Å². The van der Waals surface area contributed by atoms with Crippen LogP contribution in [0.25, 0.3) is 0 Å². The molecule has 1 aliphatic rings. The molecule has 0 saturated carbocycles. The molecule has 0 radical (unpaired) electrons. The highest BCUT2D eigenvalue weighted by Crippen LogP contribution is 2.25. The number of rotatable bonds is 2. The number of nitriles is 1. The Balaban J connectivity index is 2.23. The van der Waals surface area contributed by atoms with E-state index in [1.165, 1.54) is 0 Å². The Hall–Kier alpha value is -1.53. The molecule has 3 heteroatoms. The summed E-state index contributed by atoms with van der Waals surface area (Å²) in [6.45, 7) is 3.66. The summed E-state index contributed by atoms with van der Waals surface area (Å²) >= 11 is 0. The minimum absolute atomic E-state index is 0.485. The van der Waals surface area contributed by atoms with E-state index in [9.17, 15) is 5.26 Å². The predicted octanol–water partition coefficient (Wildman–Crippen LogP) is 2.48. The molecule has 2 rings (SSSR count). The quantitative estimate of drug-likeness (QED) is 0.783. The van der Waals surface area contributed by atoms with Gasteiger partial charge in [0.1, 0.15) is 6.07 Å². The van der Waals surface area contributed by atoms with Gasteiger partial charge in [-0.05, 0) is 37.5 Å². The minimum atomic E-state index is 0.485. The van der Waals surface area contributed by atoms with Crippen molar-refractivity contribution in [2.24, 2.45) is 0 Å². The van der Waals surface area contributed by atoms with Crippen LogP contribution in [0.5, 0.6) is 0 Å². The third-order valence-electron chi connectivity index (χ3n) is 3.39. The normalized spacial score (nSPS) is 16.5. The summed E-state index contributed by atoms with van der Waals surface area (Å²) in [6, 6.07) is 8.82. The van der Waals surface area contributed by atoms with E-state index in [2.05, 4.69) is 24.1 Å². The molecule has 0 spiro atoms. The second-order valence-electron chi connectivity index (χ2n) is 4.59. The van der Waals surface area contributed by atoms with Gasteiger partial charge in [0.15, 0.2) is 0 Å². The van der Waals surface area contributed by atoms with E-state index in [0.717, 1.165) is 42.9 Å². The summed E-state index contributed by atoms with van der Waals surface area (Å²) < 4.78 is 5.37. The standard InChI is InChI=1S/C14H18N2O/c1-11-3-4-14(12(9-11)10-15)16(2)13-5-7-17-8-6-13/h3-4,9,13H,5-8H2,1-2H3. The molecule has 1 aromatic rings. The van der Waals surface area contributed by atoms with E-state index in [0.29, 0.717) is 6.04 Å². The number of hydrogen-bond donors (Lipinski definition) is 0. The number of nitrogens with zero attached hydrogens (tertiary/aromatic N) is 2. The summed E-state index contributed by atoms with van der Waals surface area (Å²) in [6.07, 6.45) is 2.07. The van der Waals surface area contributed by atoms with Crippen LogP contribution in [0.4, 0.5) is 5.69 Å². The lowest BCUT2D eigenvalue weighted by atomic mass is 10.0. The predicted molar refractivity (Wildman–Crippen MR) is 68.1 cm³/mol. The lowest BCUT2D eigenvalue weighted by Gasteiger charge is -2.33. The molecule has 3 nitrogen and oxygen atoms in total. The summed E-state index contributed by atoms with van der Waals surface area (Å²) in [5, 5.41) is 9.19. The van der Waals surface area contributed by atoms with Crippen molar-refractivity contribution in [1.29, 1.82) is 5.26 Å². The number of hydrogen-bond acceptors (Lipinski definition) is 3. The SMILES string of the molecule is Cc1ccc(N(C)C2CCOCC2)c(C#N)c1. The van der Waals surface area contributed by atoms with Crippen molar-refractivity contribution in [2.45, 2.75) is 25.8 Å². The fraction of sp³-hybridized carbons (Fsp3) is 0.500. The molecule has 1 aliphatic heterocycles. The molecule has 0 bridgehead atoms. The molecule has 1 fully saturated rings.